The number of carbonyl (C=O) groups is 1. The van der Waals surface area contributed by atoms with E-state index in [-0.39, 0.29) is 11.9 Å². The number of carbonyl (C=O) groups excluding carboxylic acids is 1. The Kier molecular flexibility index (Phi) is 5.68. The molecule has 8 heteroatoms. The Balaban J connectivity index is 1.52. The lowest BCUT2D eigenvalue weighted by molar-refractivity contribution is 0.0749. The second-order valence-electron chi connectivity index (χ2n) is 6.68. The smallest absolute Gasteiger partial charge is 0.266 e. The zero-order valence-corrected chi connectivity index (χ0v) is 17.8. The van der Waals surface area contributed by atoms with E-state index in [0.717, 1.165) is 45.0 Å². The number of amides is 1. The lowest BCUT2D eigenvalue weighted by Crippen LogP contribution is -2.39. The summed E-state index contributed by atoms with van der Waals surface area (Å²) in [5.74, 6) is 0.631. The Bertz CT molecular complexity index is 960. The predicted octanol–water partition coefficient (Wildman–Crippen LogP) is 4.39. The van der Waals surface area contributed by atoms with Crippen molar-refractivity contribution in [3.05, 3.63) is 57.1 Å². The molecule has 6 nitrogen and oxygen atoms in total. The Morgan fingerprint density at radius 3 is 2.79 bits per heavy atom. The zero-order chi connectivity index (χ0) is 19.5. The summed E-state index contributed by atoms with van der Waals surface area (Å²) in [5, 5.41) is 4.15. The van der Waals surface area contributed by atoms with Gasteiger partial charge in [-0.2, -0.15) is 0 Å². The molecule has 0 bridgehead atoms. The number of hydrogen-bond acceptors (Lipinski definition) is 6. The van der Waals surface area contributed by atoms with Crippen LogP contribution in [0.5, 0.6) is 0 Å². The number of hydrogen-bond donors (Lipinski definition) is 1. The molecule has 1 aliphatic rings. The molecule has 1 fully saturated rings. The summed E-state index contributed by atoms with van der Waals surface area (Å²) in [7, 11) is 0. The molecule has 1 saturated heterocycles. The van der Waals surface area contributed by atoms with Gasteiger partial charge in [-0.1, -0.05) is 30.3 Å². The quantitative estimate of drug-likeness (QED) is 0.614. The summed E-state index contributed by atoms with van der Waals surface area (Å²) >= 11 is 4.80. The topological polar surface area (TPSA) is 71.0 Å². The van der Waals surface area contributed by atoms with Crippen molar-refractivity contribution in [3.63, 3.8) is 0 Å². The van der Waals surface area contributed by atoms with Crippen LogP contribution in [-0.4, -0.2) is 44.9 Å². The van der Waals surface area contributed by atoms with Gasteiger partial charge in [0.25, 0.3) is 5.91 Å². The summed E-state index contributed by atoms with van der Waals surface area (Å²) in [6.07, 6.45) is 5.38. The summed E-state index contributed by atoms with van der Waals surface area (Å²) < 4.78 is 0.838. The van der Waals surface area contributed by atoms with Crippen molar-refractivity contribution in [2.24, 2.45) is 0 Å². The minimum absolute atomic E-state index is 0.0606. The zero-order valence-electron chi connectivity index (χ0n) is 15.4. The average Bonchev–Trinajstić information content (AvgIpc) is 3.34. The van der Waals surface area contributed by atoms with Crippen LogP contribution in [0, 0.1) is 6.92 Å². The number of halogens is 1. The van der Waals surface area contributed by atoms with E-state index in [0.29, 0.717) is 12.5 Å². The number of anilines is 1. The number of aryl methyl sites for hydroxylation is 1. The fourth-order valence-corrected chi connectivity index (χ4v) is 4.52. The number of nitrogens with one attached hydrogen (secondary N) is 1. The van der Waals surface area contributed by atoms with Gasteiger partial charge in [-0.3, -0.25) is 4.79 Å². The maximum absolute atomic E-state index is 13.4. The number of rotatable bonds is 5. The van der Waals surface area contributed by atoms with E-state index in [2.05, 4.69) is 36.2 Å². The van der Waals surface area contributed by atoms with Gasteiger partial charge >= 0.3 is 0 Å². The molecule has 0 saturated carbocycles. The molecule has 1 aromatic carbocycles. The molecule has 144 valence electrons. The van der Waals surface area contributed by atoms with Crippen LogP contribution >= 0.6 is 27.3 Å². The van der Waals surface area contributed by atoms with Crippen molar-refractivity contribution in [2.75, 3.05) is 18.4 Å². The molecule has 28 heavy (non-hydrogen) atoms. The number of benzene rings is 1. The Labute approximate surface area is 176 Å². The number of aromatic nitrogens is 3. The third-order valence-corrected chi connectivity index (χ3v) is 6.10. The van der Waals surface area contributed by atoms with Crippen molar-refractivity contribution >= 4 is 39.1 Å². The van der Waals surface area contributed by atoms with Gasteiger partial charge in [0.1, 0.15) is 4.88 Å². The second kappa shape index (κ2) is 8.36. The van der Waals surface area contributed by atoms with Crippen LogP contribution in [0.4, 0.5) is 5.95 Å². The van der Waals surface area contributed by atoms with E-state index in [1.165, 1.54) is 11.3 Å². The predicted molar refractivity (Wildman–Crippen MR) is 115 cm³/mol. The summed E-state index contributed by atoms with van der Waals surface area (Å²) in [5.41, 5.74) is 1.76. The first-order valence-electron chi connectivity index (χ1n) is 9.17. The molecule has 1 amide bonds. The average molecular weight is 458 g/mol. The fourth-order valence-electron chi connectivity index (χ4n) is 3.42. The SMILES string of the molecule is Cc1nc(-c2ccccc2)c(C(=O)N2CCC[C@H]2CNc2ncc(Br)cn2)s1. The van der Waals surface area contributed by atoms with Crippen molar-refractivity contribution in [2.45, 2.75) is 25.8 Å². The number of thiazole rings is 1. The molecule has 0 aliphatic carbocycles. The molecule has 4 rings (SSSR count). The van der Waals surface area contributed by atoms with E-state index in [1.54, 1.807) is 12.4 Å². The number of nitrogens with zero attached hydrogens (tertiary/aromatic N) is 4. The van der Waals surface area contributed by atoms with Crippen LogP contribution < -0.4 is 5.32 Å². The van der Waals surface area contributed by atoms with Crippen LogP contribution in [0.25, 0.3) is 11.3 Å². The van der Waals surface area contributed by atoms with E-state index >= 15 is 0 Å². The van der Waals surface area contributed by atoms with Crippen LogP contribution in [0.15, 0.2) is 47.2 Å². The normalized spacial score (nSPS) is 16.4. The Morgan fingerprint density at radius 1 is 1.29 bits per heavy atom. The molecular formula is C20H20BrN5OS. The lowest BCUT2D eigenvalue weighted by atomic mass is 10.1. The minimum Gasteiger partial charge on any atom is -0.352 e. The molecule has 1 N–H and O–H groups in total. The van der Waals surface area contributed by atoms with E-state index in [1.807, 2.05) is 42.2 Å². The molecule has 1 atom stereocenters. The van der Waals surface area contributed by atoms with Gasteiger partial charge < -0.3 is 10.2 Å². The van der Waals surface area contributed by atoms with Gasteiger partial charge in [-0.05, 0) is 35.7 Å². The minimum atomic E-state index is 0.0606. The molecular weight excluding hydrogens is 438 g/mol. The fraction of sp³-hybridized carbons (Fsp3) is 0.300. The van der Waals surface area contributed by atoms with Gasteiger partial charge in [0, 0.05) is 37.1 Å². The lowest BCUT2D eigenvalue weighted by Gasteiger charge is -2.24. The molecule has 3 aromatic rings. The Hall–Kier alpha value is -2.32. The van der Waals surface area contributed by atoms with Crippen molar-refractivity contribution in [1.82, 2.24) is 19.9 Å². The van der Waals surface area contributed by atoms with Gasteiger partial charge in [0.05, 0.1) is 15.2 Å². The van der Waals surface area contributed by atoms with Crippen LogP contribution in [0.1, 0.15) is 27.5 Å². The van der Waals surface area contributed by atoms with Crippen molar-refractivity contribution < 1.29 is 4.79 Å². The Morgan fingerprint density at radius 2 is 2.04 bits per heavy atom. The standard InChI is InChI=1S/C20H20BrN5OS/c1-13-25-17(14-6-3-2-4-7-14)18(28-13)19(27)26-9-5-8-16(26)12-24-20-22-10-15(21)11-23-20/h2-4,6-7,10-11,16H,5,8-9,12H2,1H3,(H,22,23,24)/t16-/m0/s1. The first-order chi connectivity index (χ1) is 13.6. The highest BCUT2D eigenvalue weighted by molar-refractivity contribution is 9.10. The third-order valence-electron chi connectivity index (χ3n) is 4.73. The van der Waals surface area contributed by atoms with E-state index in [4.69, 9.17) is 0 Å². The van der Waals surface area contributed by atoms with Gasteiger partial charge in [-0.25, -0.2) is 15.0 Å². The molecule has 3 heterocycles. The summed E-state index contributed by atoms with van der Waals surface area (Å²) in [6, 6.07) is 10.0. The molecule has 0 spiro atoms. The van der Waals surface area contributed by atoms with Crippen molar-refractivity contribution in [3.8, 4) is 11.3 Å². The van der Waals surface area contributed by atoms with Crippen LogP contribution in [0.3, 0.4) is 0 Å². The van der Waals surface area contributed by atoms with Gasteiger partial charge in [0.15, 0.2) is 0 Å². The van der Waals surface area contributed by atoms with E-state index < -0.39 is 0 Å². The highest BCUT2D eigenvalue weighted by Crippen LogP contribution is 2.31. The summed E-state index contributed by atoms with van der Waals surface area (Å²) in [6.45, 7) is 3.34. The third kappa shape index (κ3) is 4.07. The van der Waals surface area contributed by atoms with Crippen LogP contribution in [0.2, 0.25) is 0 Å². The van der Waals surface area contributed by atoms with E-state index in [9.17, 15) is 4.79 Å². The first-order valence-corrected chi connectivity index (χ1v) is 10.8. The number of likely N-dealkylation sites (tertiary alicyclic amines) is 1. The molecule has 2 aromatic heterocycles. The monoisotopic (exact) mass is 457 g/mol. The van der Waals surface area contributed by atoms with Crippen LogP contribution in [-0.2, 0) is 0 Å². The largest absolute Gasteiger partial charge is 0.352 e. The summed E-state index contributed by atoms with van der Waals surface area (Å²) in [4.78, 5) is 29.2. The maximum atomic E-state index is 13.4. The highest BCUT2D eigenvalue weighted by Gasteiger charge is 2.32. The van der Waals surface area contributed by atoms with Gasteiger partial charge in [-0.15, -0.1) is 11.3 Å². The van der Waals surface area contributed by atoms with Crippen molar-refractivity contribution in [1.29, 1.82) is 0 Å². The second-order valence-corrected chi connectivity index (χ2v) is 8.80. The molecule has 0 unspecified atom stereocenters. The van der Waals surface area contributed by atoms with Gasteiger partial charge in [0.2, 0.25) is 5.95 Å². The molecule has 0 radical (unpaired) electrons. The maximum Gasteiger partial charge on any atom is 0.266 e. The molecule has 1 aliphatic heterocycles. The highest BCUT2D eigenvalue weighted by atomic mass is 79.9. The first kappa shape index (κ1) is 19.0.